The van der Waals surface area contributed by atoms with Crippen LogP contribution in [0.15, 0.2) is 24.3 Å². The van der Waals surface area contributed by atoms with E-state index in [9.17, 15) is 0 Å². The first-order chi connectivity index (χ1) is 8.81. The predicted molar refractivity (Wildman–Crippen MR) is 76.7 cm³/mol. The first-order valence-corrected chi connectivity index (χ1v) is 7.63. The second-order valence-electron chi connectivity index (χ2n) is 6.36. The van der Waals surface area contributed by atoms with Crippen molar-refractivity contribution in [3.8, 4) is 0 Å². The third kappa shape index (κ3) is 3.14. The molecule has 2 aliphatic rings. The lowest BCUT2D eigenvalue weighted by atomic mass is 9.87. The summed E-state index contributed by atoms with van der Waals surface area (Å²) in [6.07, 6.45) is 8.33. The molecule has 1 heteroatoms. The van der Waals surface area contributed by atoms with Crippen molar-refractivity contribution in [1.29, 1.82) is 0 Å². The molecule has 2 aliphatic carbocycles. The van der Waals surface area contributed by atoms with Gasteiger partial charge in [0.1, 0.15) is 0 Å². The standard InChI is InChI=1S/C17H25N/c1-13-5-9-17(10-6-13)18-12-14-3-2-4-16(11-14)15-7-8-15/h2-4,11,13,15,17-18H,5-10,12H2,1H3. The van der Waals surface area contributed by atoms with Crippen LogP contribution in [-0.2, 0) is 6.54 Å². The molecule has 0 radical (unpaired) electrons. The van der Waals surface area contributed by atoms with Gasteiger partial charge in [-0.1, -0.05) is 31.2 Å². The molecule has 1 nitrogen and oxygen atoms in total. The normalized spacial score (nSPS) is 28.3. The Hall–Kier alpha value is -0.820. The third-order valence-corrected chi connectivity index (χ3v) is 4.61. The van der Waals surface area contributed by atoms with Crippen molar-refractivity contribution in [2.24, 2.45) is 5.92 Å². The topological polar surface area (TPSA) is 12.0 Å². The van der Waals surface area contributed by atoms with Crippen LogP contribution in [0, 0.1) is 5.92 Å². The lowest BCUT2D eigenvalue weighted by Crippen LogP contribution is -2.32. The maximum absolute atomic E-state index is 3.74. The Labute approximate surface area is 111 Å². The summed E-state index contributed by atoms with van der Waals surface area (Å²) in [6.45, 7) is 3.44. The largest absolute Gasteiger partial charge is 0.310 e. The van der Waals surface area contributed by atoms with Crippen LogP contribution in [0.1, 0.15) is 62.5 Å². The molecule has 0 unspecified atom stereocenters. The highest BCUT2D eigenvalue weighted by Crippen LogP contribution is 2.40. The predicted octanol–water partition coefficient (Wildman–Crippen LogP) is 4.23. The van der Waals surface area contributed by atoms with Crippen LogP contribution < -0.4 is 5.32 Å². The summed E-state index contributed by atoms with van der Waals surface area (Å²) in [7, 11) is 0. The highest BCUT2D eigenvalue weighted by molar-refractivity contribution is 5.29. The van der Waals surface area contributed by atoms with Gasteiger partial charge in [-0.3, -0.25) is 0 Å². The van der Waals surface area contributed by atoms with E-state index in [1.807, 2.05) is 0 Å². The van der Waals surface area contributed by atoms with Gasteiger partial charge in [0.15, 0.2) is 0 Å². The molecule has 0 atom stereocenters. The average Bonchev–Trinajstić information content (AvgIpc) is 3.23. The van der Waals surface area contributed by atoms with Gasteiger partial charge in [-0.05, 0) is 61.5 Å². The Kier molecular flexibility index (Phi) is 3.69. The Morgan fingerprint density at radius 3 is 2.56 bits per heavy atom. The Bertz CT molecular complexity index is 386. The second-order valence-corrected chi connectivity index (χ2v) is 6.36. The van der Waals surface area contributed by atoms with Crippen LogP contribution in [0.4, 0.5) is 0 Å². The lowest BCUT2D eigenvalue weighted by molar-refractivity contribution is 0.306. The monoisotopic (exact) mass is 243 g/mol. The number of nitrogens with one attached hydrogen (secondary N) is 1. The van der Waals surface area contributed by atoms with Gasteiger partial charge in [-0.25, -0.2) is 0 Å². The zero-order chi connectivity index (χ0) is 12.4. The molecule has 0 aromatic heterocycles. The molecule has 1 aromatic carbocycles. The number of hydrogen-bond acceptors (Lipinski definition) is 1. The molecule has 0 heterocycles. The van der Waals surface area contributed by atoms with E-state index in [4.69, 9.17) is 0 Å². The maximum atomic E-state index is 3.74. The quantitative estimate of drug-likeness (QED) is 0.834. The van der Waals surface area contributed by atoms with Crippen LogP contribution >= 0.6 is 0 Å². The smallest absolute Gasteiger partial charge is 0.0208 e. The van der Waals surface area contributed by atoms with Gasteiger partial charge in [0.05, 0.1) is 0 Å². The van der Waals surface area contributed by atoms with Crippen molar-refractivity contribution < 1.29 is 0 Å². The number of benzene rings is 1. The van der Waals surface area contributed by atoms with E-state index < -0.39 is 0 Å². The Morgan fingerprint density at radius 1 is 1.06 bits per heavy atom. The summed E-state index contributed by atoms with van der Waals surface area (Å²) in [5, 5.41) is 3.74. The molecule has 98 valence electrons. The zero-order valence-corrected chi connectivity index (χ0v) is 11.5. The molecule has 0 amide bonds. The molecule has 0 saturated heterocycles. The zero-order valence-electron chi connectivity index (χ0n) is 11.5. The summed E-state index contributed by atoms with van der Waals surface area (Å²) in [5.41, 5.74) is 3.03. The minimum Gasteiger partial charge on any atom is -0.310 e. The minimum absolute atomic E-state index is 0.755. The van der Waals surface area contributed by atoms with Gasteiger partial charge in [0.2, 0.25) is 0 Å². The van der Waals surface area contributed by atoms with Gasteiger partial charge in [-0.2, -0.15) is 0 Å². The van der Waals surface area contributed by atoms with E-state index in [-0.39, 0.29) is 0 Å². The fourth-order valence-corrected chi connectivity index (χ4v) is 3.10. The molecule has 0 aliphatic heterocycles. The molecule has 0 spiro atoms. The lowest BCUT2D eigenvalue weighted by Gasteiger charge is -2.27. The molecule has 1 aromatic rings. The molecule has 18 heavy (non-hydrogen) atoms. The third-order valence-electron chi connectivity index (χ3n) is 4.61. The second kappa shape index (κ2) is 5.44. The molecular weight excluding hydrogens is 218 g/mol. The van der Waals surface area contributed by atoms with Crippen LogP contribution in [0.3, 0.4) is 0 Å². The molecule has 2 saturated carbocycles. The van der Waals surface area contributed by atoms with Gasteiger partial charge < -0.3 is 5.32 Å². The van der Waals surface area contributed by atoms with Crippen LogP contribution in [0.5, 0.6) is 0 Å². The first kappa shape index (κ1) is 12.2. The van der Waals surface area contributed by atoms with E-state index in [0.717, 1.165) is 24.4 Å². The number of rotatable bonds is 4. The summed E-state index contributed by atoms with van der Waals surface area (Å²) < 4.78 is 0. The van der Waals surface area contributed by atoms with Crippen LogP contribution in [0.2, 0.25) is 0 Å². The van der Waals surface area contributed by atoms with Gasteiger partial charge in [0.25, 0.3) is 0 Å². The summed E-state index contributed by atoms with van der Waals surface area (Å²) in [6, 6.07) is 9.96. The number of hydrogen-bond donors (Lipinski definition) is 1. The molecule has 3 rings (SSSR count). The van der Waals surface area contributed by atoms with Gasteiger partial charge in [-0.15, -0.1) is 0 Å². The van der Waals surface area contributed by atoms with Crippen molar-refractivity contribution in [3.05, 3.63) is 35.4 Å². The van der Waals surface area contributed by atoms with Crippen molar-refractivity contribution in [2.75, 3.05) is 0 Å². The summed E-state index contributed by atoms with van der Waals surface area (Å²) >= 11 is 0. The molecule has 0 bridgehead atoms. The van der Waals surface area contributed by atoms with Crippen LogP contribution in [0.25, 0.3) is 0 Å². The SMILES string of the molecule is CC1CCC(NCc2cccc(C3CC3)c2)CC1. The Morgan fingerprint density at radius 2 is 1.83 bits per heavy atom. The molecule has 2 fully saturated rings. The highest BCUT2D eigenvalue weighted by atomic mass is 14.9. The summed E-state index contributed by atoms with van der Waals surface area (Å²) in [4.78, 5) is 0. The minimum atomic E-state index is 0.755. The van der Waals surface area contributed by atoms with Crippen molar-refractivity contribution in [1.82, 2.24) is 5.32 Å². The van der Waals surface area contributed by atoms with E-state index in [1.165, 1.54) is 44.1 Å². The highest BCUT2D eigenvalue weighted by Gasteiger charge is 2.23. The van der Waals surface area contributed by atoms with E-state index >= 15 is 0 Å². The van der Waals surface area contributed by atoms with E-state index in [1.54, 1.807) is 5.56 Å². The Balaban J connectivity index is 1.51. The van der Waals surface area contributed by atoms with Crippen molar-refractivity contribution in [2.45, 2.75) is 64.0 Å². The van der Waals surface area contributed by atoms with Gasteiger partial charge in [0, 0.05) is 12.6 Å². The van der Waals surface area contributed by atoms with Crippen molar-refractivity contribution >= 4 is 0 Å². The molecular formula is C17H25N. The summed E-state index contributed by atoms with van der Waals surface area (Å²) in [5.74, 6) is 1.82. The average molecular weight is 243 g/mol. The van der Waals surface area contributed by atoms with E-state index in [0.29, 0.717) is 0 Å². The fourth-order valence-electron chi connectivity index (χ4n) is 3.10. The molecule has 1 N–H and O–H groups in total. The van der Waals surface area contributed by atoms with E-state index in [2.05, 4.69) is 36.5 Å². The van der Waals surface area contributed by atoms with Crippen molar-refractivity contribution in [3.63, 3.8) is 0 Å². The maximum Gasteiger partial charge on any atom is 0.0208 e. The first-order valence-electron chi connectivity index (χ1n) is 7.63. The van der Waals surface area contributed by atoms with Gasteiger partial charge >= 0.3 is 0 Å². The fraction of sp³-hybridized carbons (Fsp3) is 0.647. The van der Waals surface area contributed by atoms with Crippen LogP contribution in [-0.4, -0.2) is 6.04 Å².